The maximum absolute atomic E-state index is 11.9. The molecule has 0 saturated heterocycles. The normalized spacial score (nSPS) is 10.8. The van der Waals surface area contributed by atoms with E-state index in [0.29, 0.717) is 17.7 Å². The summed E-state index contributed by atoms with van der Waals surface area (Å²) in [5, 5.41) is 14.5. The van der Waals surface area contributed by atoms with Crippen molar-refractivity contribution in [2.75, 3.05) is 0 Å². The van der Waals surface area contributed by atoms with Gasteiger partial charge in [-0.05, 0) is 25.5 Å². The number of benzene rings is 2. The van der Waals surface area contributed by atoms with Gasteiger partial charge in [0.05, 0.1) is 11.4 Å². The number of aromatic nitrogens is 2. The first kappa shape index (κ1) is 16.0. The Bertz CT molecular complexity index is 849. The van der Waals surface area contributed by atoms with Gasteiger partial charge in [-0.2, -0.15) is 5.10 Å². The summed E-state index contributed by atoms with van der Waals surface area (Å²) in [7, 11) is 0. The van der Waals surface area contributed by atoms with E-state index in [4.69, 9.17) is 0 Å². The van der Waals surface area contributed by atoms with Crippen LogP contribution in [-0.4, -0.2) is 20.9 Å². The van der Waals surface area contributed by atoms with Crippen molar-refractivity contribution in [1.82, 2.24) is 9.78 Å². The van der Waals surface area contributed by atoms with Gasteiger partial charge in [-0.25, -0.2) is 9.48 Å². The van der Waals surface area contributed by atoms with Crippen LogP contribution in [0.3, 0.4) is 0 Å². The van der Waals surface area contributed by atoms with Crippen LogP contribution in [0.1, 0.15) is 35.0 Å². The number of carboxylic acid groups (broad SMARTS) is 1. The van der Waals surface area contributed by atoms with E-state index in [9.17, 15) is 9.90 Å². The van der Waals surface area contributed by atoms with Crippen LogP contribution in [-0.2, 0) is 6.42 Å². The molecular weight excluding hydrogens is 300 g/mol. The lowest BCUT2D eigenvalue weighted by Gasteiger charge is -2.07. The molecule has 1 heterocycles. The molecule has 4 heteroatoms. The molecule has 0 spiro atoms. The van der Waals surface area contributed by atoms with Crippen LogP contribution >= 0.6 is 0 Å². The van der Waals surface area contributed by atoms with E-state index >= 15 is 0 Å². The van der Waals surface area contributed by atoms with Crippen LogP contribution < -0.4 is 0 Å². The zero-order valence-electron chi connectivity index (χ0n) is 13.9. The van der Waals surface area contributed by atoms with Crippen LogP contribution in [0.25, 0.3) is 16.9 Å². The molecule has 1 N–H and O–H groups in total. The van der Waals surface area contributed by atoms with Gasteiger partial charge < -0.3 is 5.11 Å². The summed E-state index contributed by atoms with van der Waals surface area (Å²) in [4.78, 5) is 11.9. The molecule has 0 atom stereocenters. The lowest BCUT2D eigenvalue weighted by molar-refractivity contribution is 0.0696. The van der Waals surface area contributed by atoms with Crippen molar-refractivity contribution in [2.24, 2.45) is 0 Å². The minimum Gasteiger partial charge on any atom is -0.478 e. The van der Waals surface area contributed by atoms with Gasteiger partial charge in [-0.1, -0.05) is 61.4 Å². The largest absolute Gasteiger partial charge is 0.478 e. The fourth-order valence-electron chi connectivity index (χ4n) is 2.84. The van der Waals surface area contributed by atoms with Crippen molar-refractivity contribution in [1.29, 1.82) is 0 Å². The fraction of sp³-hybridized carbons (Fsp3) is 0.200. The zero-order valence-corrected chi connectivity index (χ0v) is 13.9. The predicted molar refractivity (Wildman–Crippen MR) is 94.7 cm³/mol. The Morgan fingerprint density at radius 2 is 1.75 bits per heavy atom. The van der Waals surface area contributed by atoms with E-state index in [2.05, 4.69) is 5.10 Å². The topological polar surface area (TPSA) is 55.1 Å². The van der Waals surface area contributed by atoms with Crippen LogP contribution in [0.4, 0.5) is 0 Å². The van der Waals surface area contributed by atoms with Gasteiger partial charge in [0.2, 0.25) is 0 Å². The number of nitrogens with zero attached hydrogens (tertiary/aromatic N) is 2. The molecule has 0 unspecified atom stereocenters. The summed E-state index contributed by atoms with van der Waals surface area (Å²) >= 11 is 0. The molecule has 1 aromatic heterocycles. The molecule has 0 amide bonds. The summed E-state index contributed by atoms with van der Waals surface area (Å²) in [5.41, 5.74) is 4.39. The van der Waals surface area contributed by atoms with Crippen LogP contribution in [0.15, 0.2) is 54.6 Å². The Morgan fingerprint density at radius 1 is 1.08 bits per heavy atom. The number of hydrogen-bond donors (Lipinski definition) is 1. The number of hydrogen-bond acceptors (Lipinski definition) is 2. The molecule has 0 saturated carbocycles. The average molecular weight is 320 g/mol. The monoisotopic (exact) mass is 320 g/mol. The molecule has 4 nitrogen and oxygen atoms in total. The Hall–Kier alpha value is -2.88. The van der Waals surface area contributed by atoms with Gasteiger partial charge in [0.15, 0.2) is 0 Å². The number of carbonyl (C=O) groups is 1. The van der Waals surface area contributed by atoms with E-state index in [1.807, 2.05) is 68.4 Å². The SMILES string of the molecule is CCCc1c(C(=O)O)c(-c2ccc(C)cc2)nn1-c1ccccc1. The molecule has 122 valence electrons. The van der Waals surface area contributed by atoms with Crippen LogP contribution in [0, 0.1) is 6.92 Å². The second-order valence-electron chi connectivity index (χ2n) is 5.84. The highest BCUT2D eigenvalue weighted by atomic mass is 16.4. The van der Waals surface area contributed by atoms with Crippen molar-refractivity contribution in [3.8, 4) is 16.9 Å². The van der Waals surface area contributed by atoms with E-state index < -0.39 is 5.97 Å². The summed E-state index contributed by atoms with van der Waals surface area (Å²) < 4.78 is 1.77. The highest BCUT2D eigenvalue weighted by Crippen LogP contribution is 2.29. The van der Waals surface area contributed by atoms with Gasteiger partial charge in [-0.15, -0.1) is 0 Å². The maximum atomic E-state index is 11.9. The highest BCUT2D eigenvalue weighted by molar-refractivity contribution is 5.96. The second kappa shape index (κ2) is 6.71. The Morgan fingerprint density at radius 3 is 2.33 bits per heavy atom. The van der Waals surface area contributed by atoms with Crippen LogP contribution in [0.5, 0.6) is 0 Å². The van der Waals surface area contributed by atoms with E-state index in [1.165, 1.54) is 0 Å². The van der Waals surface area contributed by atoms with Gasteiger partial charge in [0.1, 0.15) is 11.3 Å². The predicted octanol–water partition coefficient (Wildman–Crippen LogP) is 4.50. The number of aryl methyl sites for hydroxylation is 1. The third kappa shape index (κ3) is 2.95. The molecule has 3 rings (SSSR count). The standard InChI is InChI=1S/C20H20N2O2/c1-3-7-17-18(20(23)24)19(15-12-10-14(2)11-13-15)21-22(17)16-8-5-4-6-9-16/h4-6,8-13H,3,7H2,1-2H3,(H,23,24). The first-order valence-corrected chi connectivity index (χ1v) is 8.09. The van der Waals surface area contributed by atoms with E-state index in [1.54, 1.807) is 4.68 Å². The Balaban J connectivity index is 2.25. The smallest absolute Gasteiger partial charge is 0.339 e. The first-order valence-electron chi connectivity index (χ1n) is 8.09. The number of rotatable bonds is 5. The summed E-state index contributed by atoms with van der Waals surface area (Å²) in [6, 6.07) is 17.5. The number of carboxylic acids is 1. The molecule has 0 radical (unpaired) electrons. The lowest BCUT2D eigenvalue weighted by atomic mass is 10.0. The van der Waals surface area contributed by atoms with Crippen molar-refractivity contribution >= 4 is 5.97 Å². The van der Waals surface area contributed by atoms with Gasteiger partial charge in [0, 0.05) is 5.56 Å². The molecule has 3 aromatic rings. The quantitative estimate of drug-likeness (QED) is 0.753. The molecule has 0 aliphatic heterocycles. The molecule has 0 fully saturated rings. The summed E-state index contributed by atoms with van der Waals surface area (Å²) in [5.74, 6) is -0.934. The van der Waals surface area contributed by atoms with Crippen molar-refractivity contribution < 1.29 is 9.90 Å². The summed E-state index contributed by atoms with van der Waals surface area (Å²) in [6.45, 7) is 4.05. The van der Waals surface area contributed by atoms with Gasteiger partial charge in [0.25, 0.3) is 0 Å². The highest BCUT2D eigenvalue weighted by Gasteiger charge is 2.24. The fourth-order valence-corrected chi connectivity index (χ4v) is 2.84. The Labute approximate surface area is 141 Å². The van der Waals surface area contributed by atoms with Gasteiger partial charge >= 0.3 is 5.97 Å². The minimum atomic E-state index is -0.934. The van der Waals surface area contributed by atoms with Crippen molar-refractivity contribution in [3.05, 3.63) is 71.4 Å². The maximum Gasteiger partial charge on any atom is 0.339 e. The number of aromatic carboxylic acids is 1. The van der Waals surface area contributed by atoms with Crippen molar-refractivity contribution in [2.45, 2.75) is 26.7 Å². The Kier molecular flexibility index (Phi) is 4.47. The number of para-hydroxylation sites is 1. The molecule has 24 heavy (non-hydrogen) atoms. The zero-order chi connectivity index (χ0) is 17.1. The molecular formula is C20H20N2O2. The second-order valence-corrected chi connectivity index (χ2v) is 5.84. The first-order chi connectivity index (χ1) is 11.6. The van der Waals surface area contributed by atoms with Gasteiger partial charge in [-0.3, -0.25) is 0 Å². The van der Waals surface area contributed by atoms with E-state index in [-0.39, 0.29) is 0 Å². The summed E-state index contributed by atoms with van der Waals surface area (Å²) in [6.07, 6.45) is 1.52. The molecule has 0 bridgehead atoms. The third-order valence-corrected chi connectivity index (χ3v) is 4.01. The lowest BCUT2D eigenvalue weighted by Crippen LogP contribution is -2.06. The minimum absolute atomic E-state index is 0.296. The molecule has 2 aromatic carbocycles. The average Bonchev–Trinajstić information content (AvgIpc) is 2.96. The van der Waals surface area contributed by atoms with Crippen molar-refractivity contribution in [3.63, 3.8) is 0 Å². The van der Waals surface area contributed by atoms with Crippen LogP contribution in [0.2, 0.25) is 0 Å². The third-order valence-electron chi connectivity index (χ3n) is 4.01. The van der Waals surface area contributed by atoms with E-state index in [0.717, 1.165) is 28.9 Å². The molecule has 0 aliphatic carbocycles. The molecule has 0 aliphatic rings.